The lowest BCUT2D eigenvalue weighted by Crippen LogP contribution is -2.45. The first-order chi connectivity index (χ1) is 11.6. The molecular weight excluding hydrogens is 318 g/mol. The van der Waals surface area contributed by atoms with Crippen LogP contribution in [0.1, 0.15) is 88.5 Å². The topological polar surface area (TPSA) is 73.6 Å². The molecule has 26 heavy (non-hydrogen) atoms. The molecule has 0 heterocycles. The van der Waals surface area contributed by atoms with E-state index in [1.54, 1.807) is 0 Å². The van der Waals surface area contributed by atoms with Gasteiger partial charge in [-0.25, -0.2) is 0 Å². The third kappa shape index (κ3) is 5.47. The molecule has 0 saturated heterocycles. The van der Waals surface area contributed by atoms with Crippen molar-refractivity contribution in [3.8, 4) is 12.1 Å². The summed E-state index contributed by atoms with van der Waals surface area (Å²) in [6, 6.07) is 4.82. The molecule has 3 nitrogen and oxygen atoms in total. The fourth-order valence-corrected chi connectivity index (χ4v) is 4.34. The van der Waals surface area contributed by atoms with E-state index in [9.17, 15) is 10.5 Å². The van der Waals surface area contributed by atoms with E-state index in [1.807, 2.05) is 6.92 Å². The van der Waals surface area contributed by atoms with Gasteiger partial charge in [0, 0.05) is 12.3 Å². The van der Waals surface area contributed by atoms with Crippen LogP contribution in [0.4, 0.5) is 0 Å². The van der Waals surface area contributed by atoms with Crippen molar-refractivity contribution in [3.05, 3.63) is 0 Å². The lowest BCUT2D eigenvalue weighted by Gasteiger charge is -2.51. The van der Waals surface area contributed by atoms with Crippen molar-refractivity contribution in [3.63, 3.8) is 0 Å². The molecule has 3 unspecified atom stereocenters. The van der Waals surface area contributed by atoms with Crippen molar-refractivity contribution in [2.24, 2.45) is 45.1 Å². The average Bonchev–Trinajstić information content (AvgIpc) is 2.50. The quantitative estimate of drug-likeness (QED) is 0.506. The van der Waals surface area contributed by atoms with Gasteiger partial charge in [-0.3, -0.25) is 0 Å². The first-order valence-electron chi connectivity index (χ1n) is 10.1. The summed E-state index contributed by atoms with van der Waals surface area (Å²) in [7, 11) is 0. The molecule has 0 rings (SSSR count). The molecule has 0 fully saturated rings. The van der Waals surface area contributed by atoms with Gasteiger partial charge in [0.25, 0.3) is 0 Å². The summed E-state index contributed by atoms with van der Waals surface area (Å²) in [6.45, 7) is 23.1. The molecule has 0 amide bonds. The molecule has 0 aromatic heterocycles. The van der Waals surface area contributed by atoms with Crippen molar-refractivity contribution >= 4 is 0 Å². The Kier molecular flexibility index (Phi) is 8.40. The Morgan fingerprint density at radius 1 is 0.808 bits per heavy atom. The second kappa shape index (κ2) is 8.75. The fourth-order valence-electron chi connectivity index (χ4n) is 4.34. The largest absolute Gasteiger partial charge is 0.330 e. The first kappa shape index (κ1) is 24.9. The minimum Gasteiger partial charge on any atom is -0.330 e. The van der Waals surface area contributed by atoms with Crippen LogP contribution in [-0.4, -0.2) is 6.54 Å². The Bertz CT molecular complexity index is 529. The van der Waals surface area contributed by atoms with Crippen molar-refractivity contribution in [1.82, 2.24) is 0 Å². The van der Waals surface area contributed by atoms with E-state index in [1.165, 1.54) is 0 Å². The second-order valence-corrected chi connectivity index (χ2v) is 11.0. The van der Waals surface area contributed by atoms with Gasteiger partial charge in [-0.05, 0) is 59.8 Å². The average molecular weight is 362 g/mol. The summed E-state index contributed by atoms with van der Waals surface area (Å²) in [6.07, 6.45) is 2.44. The number of rotatable bonds is 10. The van der Waals surface area contributed by atoms with Crippen LogP contribution in [0.5, 0.6) is 0 Å². The van der Waals surface area contributed by atoms with Crippen molar-refractivity contribution in [2.45, 2.75) is 88.5 Å². The highest BCUT2D eigenvalue weighted by Crippen LogP contribution is 2.54. The standard InChI is InChI=1S/C23H43N3/c1-17(15-25)13-21(5,6)23(9,10)19(11-12-24)18(2)14-20(3,4)22(7,8)16-26/h17-19H,11,13-14,16,26H2,1-10H3. The summed E-state index contributed by atoms with van der Waals surface area (Å²) in [4.78, 5) is 0. The van der Waals surface area contributed by atoms with Gasteiger partial charge in [0.05, 0.1) is 12.1 Å². The lowest BCUT2D eigenvalue weighted by atomic mass is 9.53. The fraction of sp³-hybridized carbons (Fsp3) is 0.913. The van der Waals surface area contributed by atoms with Crippen LogP contribution in [0, 0.1) is 62.1 Å². The predicted octanol–water partition coefficient (Wildman–Crippen LogP) is 6.16. The van der Waals surface area contributed by atoms with Gasteiger partial charge in [-0.2, -0.15) is 10.5 Å². The third-order valence-electron chi connectivity index (χ3n) is 7.88. The summed E-state index contributed by atoms with van der Waals surface area (Å²) in [5.41, 5.74) is 6.12. The molecule has 150 valence electrons. The van der Waals surface area contributed by atoms with E-state index in [2.05, 4.69) is 74.5 Å². The van der Waals surface area contributed by atoms with Crippen molar-refractivity contribution in [1.29, 1.82) is 10.5 Å². The maximum absolute atomic E-state index is 9.52. The van der Waals surface area contributed by atoms with E-state index < -0.39 is 0 Å². The minimum absolute atomic E-state index is 0.0224. The zero-order valence-corrected chi connectivity index (χ0v) is 19.0. The number of hydrogen-bond donors (Lipinski definition) is 1. The molecule has 3 heteroatoms. The molecule has 0 aromatic carbocycles. The molecule has 0 saturated carbocycles. The SMILES string of the molecule is CC(C#N)CC(C)(C)C(C)(C)C(CC#N)C(C)CC(C)(C)C(C)(C)CN. The van der Waals surface area contributed by atoms with Gasteiger partial charge in [0.15, 0.2) is 0 Å². The second-order valence-electron chi connectivity index (χ2n) is 11.0. The molecular formula is C23H43N3. The molecule has 0 aromatic rings. The minimum atomic E-state index is -0.0454. The van der Waals surface area contributed by atoms with Gasteiger partial charge >= 0.3 is 0 Å². The molecule has 0 bridgehead atoms. The summed E-state index contributed by atoms with van der Waals surface area (Å²) >= 11 is 0. The molecule has 3 atom stereocenters. The maximum atomic E-state index is 9.52. The Balaban J connectivity index is 5.70. The van der Waals surface area contributed by atoms with Crippen LogP contribution in [-0.2, 0) is 0 Å². The first-order valence-corrected chi connectivity index (χ1v) is 10.1. The smallest absolute Gasteiger partial charge is 0.0653 e. The number of nitrogens with two attached hydrogens (primary N) is 1. The van der Waals surface area contributed by atoms with E-state index in [0.29, 0.717) is 18.9 Å². The Morgan fingerprint density at radius 2 is 1.31 bits per heavy atom. The molecule has 0 aliphatic carbocycles. The number of hydrogen-bond acceptors (Lipinski definition) is 3. The van der Waals surface area contributed by atoms with Crippen LogP contribution < -0.4 is 5.73 Å². The molecule has 0 aliphatic heterocycles. The highest BCUT2D eigenvalue weighted by molar-refractivity contribution is 5.00. The Morgan fingerprint density at radius 3 is 1.69 bits per heavy atom. The van der Waals surface area contributed by atoms with Gasteiger partial charge in [0.2, 0.25) is 0 Å². The predicted molar refractivity (Wildman–Crippen MR) is 111 cm³/mol. The zero-order chi connectivity index (χ0) is 21.0. The molecule has 0 radical (unpaired) electrons. The van der Waals surface area contributed by atoms with Gasteiger partial charge < -0.3 is 5.73 Å². The normalized spacial score (nSPS) is 17.1. The number of nitrogens with zero attached hydrogens (tertiary/aromatic N) is 2. The van der Waals surface area contributed by atoms with E-state index in [0.717, 1.165) is 12.8 Å². The van der Waals surface area contributed by atoms with Crippen molar-refractivity contribution in [2.75, 3.05) is 6.54 Å². The molecule has 0 aliphatic rings. The van der Waals surface area contributed by atoms with Gasteiger partial charge in [-0.15, -0.1) is 0 Å². The molecule has 0 spiro atoms. The Hall–Kier alpha value is -1.06. The Labute approximate surface area is 163 Å². The van der Waals surface area contributed by atoms with Crippen molar-refractivity contribution < 1.29 is 0 Å². The molecule has 2 N–H and O–H groups in total. The van der Waals surface area contributed by atoms with Crippen LogP contribution in [0.2, 0.25) is 0 Å². The van der Waals surface area contributed by atoms with E-state index in [-0.39, 0.29) is 33.5 Å². The van der Waals surface area contributed by atoms with E-state index in [4.69, 9.17) is 5.73 Å². The van der Waals surface area contributed by atoms with Gasteiger partial charge in [0.1, 0.15) is 0 Å². The van der Waals surface area contributed by atoms with Crippen LogP contribution in [0.15, 0.2) is 0 Å². The summed E-state index contributed by atoms with van der Waals surface area (Å²) in [5.74, 6) is 0.707. The monoisotopic (exact) mass is 361 g/mol. The highest BCUT2D eigenvalue weighted by Gasteiger charge is 2.47. The van der Waals surface area contributed by atoms with Crippen LogP contribution in [0.3, 0.4) is 0 Å². The zero-order valence-electron chi connectivity index (χ0n) is 19.0. The van der Waals surface area contributed by atoms with E-state index >= 15 is 0 Å². The highest BCUT2D eigenvalue weighted by atomic mass is 14.6. The maximum Gasteiger partial charge on any atom is 0.0653 e. The third-order valence-corrected chi connectivity index (χ3v) is 7.88. The van der Waals surface area contributed by atoms with Gasteiger partial charge in [-0.1, -0.05) is 62.3 Å². The van der Waals surface area contributed by atoms with Crippen LogP contribution >= 0.6 is 0 Å². The van der Waals surface area contributed by atoms with Crippen LogP contribution in [0.25, 0.3) is 0 Å². The number of nitriles is 2. The lowest BCUT2D eigenvalue weighted by molar-refractivity contribution is -0.0207. The summed E-state index contributed by atoms with van der Waals surface area (Å²) in [5, 5.41) is 18.8. The summed E-state index contributed by atoms with van der Waals surface area (Å²) < 4.78 is 0.